The zero-order valence-corrected chi connectivity index (χ0v) is 11.9. The van der Waals surface area contributed by atoms with Crippen LogP contribution in [-0.4, -0.2) is 34.7 Å². The van der Waals surface area contributed by atoms with Crippen LogP contribution in [0.25, 0.3) is 0 Å². The molecule has 0 bridgehead atoms. The first kappa shape index (κ1) is 14.3. The normalized spacial score (nSPS) is 20.2. The molecular weight excluding hydrogens is 264 g/mol. The van der Waals surface area contributed by atoms with Gasteiger partial charge < -0.3 is 10.1 Å². The van der Waals surface area contributed by atoms with Crippen LogP contribution in [0.1, 0.15) is 19.3 Å². The summed E-state index contributed by atoms with van der Waals surface area (Å²) in [6.07, 6.45) is 3.46. The Kier molecular flexibility index (Phi) is 4.79. The second kappa shape index (κ2) is 6.36. The van der Waals surface area contributed by atoms with Crippen LogP contribution in [0.3, 0.4) is 0 Å². The van der Waals surface area contributed by atoms with Gasteiger partial charge in [-0.15, -0.1) is 0 Å². The van der Waals surface area contributed by atoms with Gasteiger partial charge in [0, 0.05) is 6.04 Å². The molecule has 1 fully saturated rings. The van der Waals surface area contributed by atoms with Crippen LogP contribution >= 0.6 is 0 Å². The smallest absolute Gasteiger partial charge is 0.243 e. The molecule has 2 rings (SSSR count). The Labute approximate surface area is 114 Å². The van der Waals surface area contributed by atoms with Crippen molar-refractivity contribution in [1.82, 2.24) is 10.0 Å². The minimum Gasteiger partial charge on any atom is -0.491 e. The van der Waals surface area contributed by atoms with Gasteiger partial charge in [-0.1, -0.05) is 18.6 Å². The second-order valence-corrected chi connectivity index (χ2v) is 6.47. The highest BCUT2D eigenvalue weighted by atomic mass is 32.2. The molecule has 0 aliphatic carbocycles. The lowest BCUT2D eigenvalue weighted by molar-refractivity contribution is 0.234. The lowest BCUT2D eigenvalue weighted by Gasteiger charge is -2.24. The maximum atomic E-state index is 11.9. The number of piperidine rings is 1. The topological polar surface area (TPSA) is 67.4 Å². The average molecular weight is 284 g/mol. The van der Waals surface area contributed by atoms with E-state index in [1.807, 2.05) is 0 Å². The Balaban J connectivity index is 2.07. The molecule has 0 amide bonds. The zero-order chi connectivity index (χ0) is 13.7. The first-order valence-corrected chi connectivity index (χ1v) is 8.00. The SMILES string of the molecule is CNS(=O)(=O)c1ccccc1OCC1CCCCN1. The quantitative estimate of drug-likeness (QED) is 0.850. The van der Waals surface area contributed by atoms with Gasteiger partial charge in [0.05, 0.1) is 0 Å². The Morgan fingerprint density at radius 3 is 2.84 bits per heavy atom. The number of para-hydroxylation sites is 1. The van der Waals surface area contributed by atoms with E-state index in [0.717, 1.165) is 13.0 Å². The molecule has 1 aliphatic rings. The molecule has 0 aromatic heterocycles. The predicted octanol–water partition coefficient (Wildman–Crippen LogP) is 1.12. The summed E-state index contributed by atoms with van der Waals surface area (Å²) >= 11 is 0. The van der Waals surface area contributed by atoms with Crippen LogP contribution in [0, 0.1) is 0 Å². The minimum absolute atomic E-state index is 0.188. The molecule has 1 aromatic rings. The molecule has 5 nitrogen and oxygen atoms in total. The molecule has 19 heavy (non-hydrogen) atoms. The van der Waals surface area contributed by atoms with E-state index in [2.05, 4.69) is 10.0 Å². The lowest BCUT2D eigenvalue weighted by Crippen LogP contribution is -2.38. The van der Waals surface area contributed by atoms with Crippen LogP contribution in [0.4, 0.5) is 0 Å². The van der Waals surface area contributed by atoms with E-state index in [1.54, 1.807) is 24.3 Å². The summed E-state index contributed by atoms with van der Waals surface area (Å²) in [5, 5.41) is 3.37. The molecule has 2 N–H and O–H groups in total. The number of ether oxygens (including phenoxy) is 1. The van der Waals surface area contributed by atoms with E-state index < -0.39 is 10.0 Å². The molecule has 0 radical (unpaired) electrons. The van der Waals surface area contributed by atoms with Crippen LogP contribution < -0.4 is 14.8 Å². The van der Waals surface area contributed by atoms with Gasteiger partial charge in [-0.05, 0) is 38.6 Å². The Morgan fingerprint density at radius 2 is 2.16 bits per heavy atom. The lowest BCUT2D eigenvalue weighted by atomic mass is 10.1. The highest BCUT2D eigenvalue weighted by molar-refractivity contribution is 7.89. The van der Waals surface area contributed by atoms with Crippen LogP contribution in [0.15, 0.2) is 29.2 Å². The molecule has 1 atom stereocenters. The van der Waals surface area contributed by atoms with Crippen LogP contribution in [-0.2, 0) is 10.0 Å². The minimum atomic E-state index is -3.48. The van der Waals surface area contributed by atoms with E-state index in [4.69, 9.17) is 4.74 Å². The van der Waals surface area contributed by atoms with Gasteiger partial charge in [-0.3, -0.25) is 0 Å². The van der Waals surface area contributed by atoms with Gasteiger partial charge in [-0.25, -0.2) is 13.1 Å². The van der Waals surface area contributed by atoms with Gasteiger partial charge in [0.15, 0.2) is 0 Å². The predicted molar refractivity (Wildman–Crippen MR) is 73.8 cm³/mol. The molecule has 1 saturated heterocycles. The highest BCUT2D eigenvalue weighted by Crippen LogP contribution is 2.23. The van der Waals surface area contributed by atoms with E-state index in [-0.39, 0.29) is 4.90 Å². The largest absolute Gasteiger partial charge is 0.491 e. The summed E-state index contributed by atoms with van der Waals surface area (Å²) in [6, 6.07) is 7.01. The third-order valence-corrected chi connectivity index (χ3v) is 4.71. The van der Waals surface area contributed by atoms with Crippen molar-refractivity contribution in [2.24, 2.45) is 0 Å². The van der Waals surface area contributed by atoms with E-state index in [1.165, 1.54) is 19.9 Å². The first-order chi connectivity index (χ1) is 9.13. The molecule has 1 aliphatic heterocycles. The first-order valence-electron chi connectivity index (χ1n) is 6.52. The molecule has 1 unspecified atom stereocenters. The standard InChI is InChI=1S/C13H20N2O3S/c1-14-19(16,17)13-8-3-2-7-12(13)18-10-11-6-4-5-9-15-11/h2-3,7-8,11,14-15H,4-6,9-10H2,1H3. The summed E-state index contributed by atoms with van der Waals surface area (Å²) in [4.78, 5) is 0.188. The van der Waals surface area contributed by atoms with Crippen molar-refractivity contribution in [3.8, 4) is 5.75 Å². The number of rotatable bonds is 5. The number of sulfonamides is 1. The van der Waals surface area contributed by atoms with Crippen molar-refractivity contribution in [2.45, 2.75) is 30.2 Å². The van der Waals surface area contributed by atoms with Gasteiger partial charge in [0.2, 0.25) is 10.0 Å². The molecular formula is C13H20N2O3S. The monoisotopic (exact) mass is 284 g/mol. The average Bonchev–Trinajstić information content (AvgIpc) is 2.46. The number of nitrogens with one attached hydrogen (secondary N) is 2. The van der Waals surface area contributed by atoms with Gasteiger partial charge in [0.25, 0.3) is 0 Å². The maximum absolute atomic E-state index is 11.9. The van der Waals surface area contributed by atoms with Crippen molar-refractivity contribution >= 4 is 10.0 Å². The van der Waals surface area contributed by atoms with Crippen molar-refractivity contribution < 1.29 is 13.2 Å². The zero-order valence-electron chi connectivity index (χ0n) is 11.1. The fourth-order valence-corrected chi connectivity index (χ4v) is 3.03. The molecule has 106 valence electrons. The van der Waals surface area contributed by atoms with Crippen LogP contribution in [0.5, 0.6) is 5.75 Å². The molecule has 1 aromatic carbocycles. The Morgan fingerprint density at radius 1 is 1.37 bits per heavy atom. The molecule has 0 saturated carbocycles. The van der Waals surface area contributed by atoms with Gasteiger partial charge in [0.1, 0.15) is 17.3 Å². The summed E-state index contributed by atoms with van der Waals surface area (Å²) in [7, 11) is -2.08. The van der Waals surface area contributed by atoms with Crippen molar-refractivity contribution in [3.05, 3.63) is 24.3 Å². The summed E-state index contributed by atoms with van der Waals surface area (Å²) < 4.78 is 31.7. The van der Waals surface area contributed by atoms with Crippen molar-refractivity contribution in [2.75, 3.05) is 20.2 Å². The number of hydrogen-bond acceptors (Lipinski definition) is 4. The summed E-state index contributed by atoms with van der Waals surface area (Å²) in [6.45, 7) is 1.50. The Bertz CT molecular complexity index is 510. The van der Waals surface area contributed by atoms with Crippen LogP contribution in [0.2, 0.25) is 0 Å². The van der Waals surface area contributed by atoms with E-state index in [9.17, 15) is 8.42 Å². The van der Waals surface area contributed by atoms with Crippen molar-refractivity contribution in [3.63, 3.8) is 0 Å². The highest BCUT2D eigenvalue weighted by Gasteiger charge is 2.19. The third kappa shape index (κ3) is 3.68. The second-order valence-electron chi connectivity index (χ2n) is 4.61. The van der Waals surface area contributed by atoms with Crippen molar-refractivity contribution in [1.29, 1.82) is 0 Å². The maximum Gasteiger partial charge on any atom is 0.243 e. The third-order valence-electron chi connectivity index (χ3n) is 3.26. The summed E-state index contributed by atoms with van der Waals surface area (Å²) in [5.41, 5.74) is 0. The van der Waals surface area contributed by atoms with Gasteiger partial charge >= 0.3 is 0 Å². The Hall–Kier alpha value is -1.11. The molecule has 1 heterocycles. The van der Waals surface area contributed by atoms with E-state index in [0.29, 0.717) is 18.4 Å². The number of hydrogen-bond donors (Lipinski definition) is 2. The fourth-order valence-electron chi connectivity index (χ4n) is 2.16. The molecule has 0 spiro atoms. The van der Waals surface area contributed by atoms with E-state index >= 15 is 0 Å². The fraction of sp³-hybridized carbons (Fsp3) is 0.538. The molecule has 6 heteroatoms. The summed E-state index contributed by atoms with van der Waals surface area (Å²) in [5.74, 6) is 0.407. The van der Waals surface area contributed by atoms with Gasteiger partial charge in [-0.2, -0.15) is 0 Å². The number of benzene rings is 1.